The van der Waals surface area contributed by atoms with Gasteiger partial charge in [-0.25, -0.2) is 0 Å². The van der Waals surface area contributed by atoms with E-state index in [4.69, 9.17) is 5.26 Å². The number of likely N-dealkylation sites (tertiary alicyclic amines) is 1. The molecule has 0 saturated carbocycles. The lowest BCUT2D eigenvalue weighted by Crippen LogP contribution is -2.40. The van der Waals surface area contributed by atoms with E-state index in [-0.39, 0.29) is 0 Å². The fourth-order valence-electron chi connectivity index (χ4n) is 2.38. The lowest BCUT2D eigenvalue weighted by Gasteiger charge is -2.35. The number of nitriles is 1. The van der Waals surface area contributed by atoms with E-state index in [1.165, 1.54) is 38.9 Å². The first kappa shape index (κ1) is 13.5. The third-order valence-corrected chi connectivity index (χ3v) is 3.64. The van der Waals surface area contributed by atoms with Crippen molar-refractivity contribution in [1.29, 1.82) is 5.26 Å². The fraction of sp³-hybridized carbons (Fsp3) is 0.923. The predicted octanol–water partition coefficient (Wildman–Crippen LogP) is 1.95. The van der Waals surface area contributed by atoms with E-state index in [9.17, 15) is 0 Å². The van der Waals surface area contributed by atoms with Crippen molar-refractivity contribution in [3.8, 4) is 6.07 Å². The SMILES string of the molecule is C[C@@H](CC#N)N1CCC(CCN(C)C)CC1. The van der Waals surface area contributed by atoms with Crippen molar-refractivity contribution >= 4 is 0 Å². The van der Waals surface area contributed by atoms with Crippen molar-refractivity contribution in [2.24, 2.45) is 5.92 Å². The lowest BCUT2D eigenvalue weighted by atomic mass is 9.92. The highest BCUT2D eigenvalue weighted by Gasteiger charge is 2.22. The zero-order valence-electron chi connectivity index (χ0n) is 10.9. The second-order valence-electron chi connectivity index (χ2n) is 5.28. The third-order valence-electron chi connectivity index (χ3n) is 3.64. The fourth-order valence-corrected chi connectivity index (χ4v) is 2.38. The Morgan fingerprint density at radius 1 is 1.38 bits per heavy atom. The standard InChI is InChI=1S/C13H25N3/c1-12(4-8-14)16-10-6-13(7-11-16)5-9-15(2)3/h12-13H,4-7,9-11H2,1-3H3/t12-/m0/s1. The van der Waals surface area contributed by atoms with Crippen LogP contribution in [0.1, 0.15) is 32.6 Å². The molecule has 1 saturated heterocycles. The Morgan fingerprint density at radius 2 is 2.00 bits per heavy atom. The molecule has 0 aliphatic carbocycles. The number of hydrogen-bond donors (Lipinski definition) is 0. The first-order valence-corrected chi connectivity index (χ1v) is 6.39. The Bertz CT molecular complexity index is 224. The van der Waals surface area contributed by atoms with E-state index in [0.717, 1.165) is 5.92 Å². The van der Waals surface area contributed by atoms with Crippen molar-refractivity contribution < 1.29 is 0 Å². The van der Waals surface area contributed by atoms with Gasteiger partial charge in [-0.3, -0.25) is 4.90 Å². The van der Waals surface area contributed by atoms with Crippen LogP contribution < -0.4 is 0 Å². The van der Waals surface area contributed by atoms with Crippen molar-refractivity contribution in [2.75, 3.05) is 33.7 Å². The van der Waals surface area contributed by atoms with Crippen LogP contribution in [0.3, 0.4) is 0 Å². The van der Waals surface area contributed by atoms with E-state index in [1.807, 2.05) is 0 Å². The molecule has 1 aliphatic heterocycles. The van der Waals surface area contributed by atoms with Crippen LogP contribution in [0.5, 0.6) is 0 Å². The Labute approximate surface area is 100 Å². The van der Waals surface area contributed by atoms with Crippen LogP contribution in [0.25, 0.3) is 0 Å². The summed E-state index contributed by atoms with van der Waals surface area (Å²) in [6.45, 7) is 5.74. The van der Waals surface area contributed by atoms with Crippen molar-refractivity contribution in [3.63, 3.8) is 0 Å². The van der Waals surface area contributed by atoms with E-state index in [2.05, 4.69) is 36.9 Å². The Morgan fingerprint density at radius 3 is 2.50 bits per heavy atom. The molecule has 3 heteroatoms. The smallest absolute Gasteiger partial charge is 0.0638 e. The van der Waals surface area contributed by atoms with E-state index >= 15 is 0 Å². The molecule has 0 amide bonds. The molecule has 0 aromatic rings. The average molecular weight is 223 g/mol. The molecule has 0 spiro atoms. The molecule has 0 bridgehead atoms. The zero-order chi connectivity index (χ0) is 12.0. The van der Waals surface area contributed by atoms with Crippen molar-refractivity contribution in [3.05, 3.63) is 0 Å². The number of hydrogen-bond acceptors (Lipinski definition) is 3. The molecule has 92 valence electrons. The second kappa shape index (κ2) is 6.88. The molecular formula is C13H25N3. The van der Waals surface area contributed by atoms with Gasteiger partial charge in [0, 0.05) is 6.04 Å². The topological polar surface area (TPSA) is 30.3 Å². The molecule has 0 unspecified atom stereocenters. The first-order chi connectivity index (χ1) is 7.63. The summed E-state index contributed by atoms with van der Waals surface area (Å²) in [6, 6.07) is 2.71. The summed E-state index contributed by atoms with van der Waals surface area (Å²) < 4.78 is 0. The molecule has 1 fully saturated rings. The molecule has 0 radical (unpaired) electrons. The first-order valence-electron chi connectivity index (χ1n) is 6.39. The minimum absolute atomic E-state index is 0.444. The molecule has 16 heavy (non-hydrogen) atoms. The van der Waals surface area contributed by atoms with Crippen LogP contribution in [0, 0.1) is 17.2 Å². The van der Waals surface area contributed by atoms with Gasteiger partial charge < -0.3 is 4.90 Å². The van der Waals surface area contributed by atoms with Crippen LogP contribution in [0.4, 0.5) is 0 Å². The lowest BCUT2D eigenvalue weighted by molar-refractivity contribution is 0.135. The summed E-state index contributed by atoms with van der Waals surface area (Å²) in [5.41, 5.74) is 0. The molecule has 0 aromatic carbocycles. The maximum Gasteiger partial charge on any atom is 0.0638 e. The van der Waals surface area contributed by atoms with Crippen LogP contribution in [0.15, 0.2) is 0 Å². The summed E-state index contributed by atoms with van der Waals surface area (Å²) >= 11 is 0. The van der Waals surface area contributed by atoms with Gasteiger partial charge in [0.25, 0.3) is 0 Å². The minimum Gasteiger partial charge on any atom is -0.309 e. The molecule has 0 N–H and O–H groups in total. The van der Waals surface area contributed by atoms with Gasteiger partial charge in [-0.05, 0) is 65.8 Å². The van der Waals surface area contributed by atoms with Crippen molar-refractivity contribution in [2.45, 2.75) is 38.6 Å². The van der Waals surface area contributed by atoms with Gasteiger partial charge in [-0.15, -0.1) is 0 Å². The van der Waals surface area contributed by atoms with Crippen LogP contribution >= 0.6 is 0 Å². The molecule has 1 atom stereocenters. The Balaban J connectivity index is 2.21. The van der Waals surface area contributed by atoms with E-state index in [0.29, 0.717) is 12.5 Å². The summed E-state index contributed by atoms with van der Waals surface area (Å²) in [5.74, 6) is 0.896. The Hall–Kier alpha value is -0.590. The normalized spacial score (nSPS) is 20.9. The van der Waals surface area contributed by atoms with Gasteiger partial charge >= 0.3 is 0 Å². The molecule has 1 heterocycles. The number of nitrogens with zero attached hydrogens (tertiary/aromatic N) is 3. The molecule has 0 aromatic heterocycles. The summed E-state index contributed by atoms with van der Waals surface area (Å²) in [5, 5.41) is 8.68. The third kappa shape index (κ3) is 4.51. The van der Waals surface area contributed by atoms with Crippen LogP contribution in [-0.4, -0.2) is 49.6 Å². The van der Waals surface area contributed by atoms with Gasteiger partial charge in [0.2, 0.25) is 0 Å². The highest BCUT2D eigenvalue weighted by Crippen LogP contribution is 2.22. The number of rotatable bonds is 5. The van der Waals surface area contributed by atoms with E-state index < -0.39 is 0 Å². The predicted molar refractivity (Wildman–Crippen MR) is 67.2 cm³/mol. The largest absolute Gasteiger partial charge is 0.309 e. The van der Waals surface area contributed by atoms with Crippen molar-refractivity contribution in [1.82, 2.24) is 9.80 Å². The van der Waals surface area contributed by atoms with Gasteiger partial charge in [0.15, 0.2) is 0 Å². The maximum atomic E-state index is 8.68. The van der Waals surface area contributed by atoms with Gasteiger partial charge in [-0.2, -0.15) is 5.26 Å². The highest BCUT2D eigenvalue weighted by atomic mass is 15.2. The van der Waals surface area contributed by atoms with Gasteiger partial charge in [-0.1, -0.05) is 0 Å². The highest BCUT2D eigenvalue weighted by molar-refractivity contribution is 4.83. The zero-order valence-corrected chi connectivity index (χ0v) is 10.9. The van der Waals surface area contributed by atoms with Gasteiger partial charge in [0.05, 0.1) is 12.5 Å². The number of piperidine rings is 1. The summed E-state index contributed by atoms with van der Waals surface area (Å²) in [6.07, 6.45) is 4.61. The quantitative estimate of drug-likeness (QED) is 0.713. The monoisotopic (exact) mass is 223 g/mol. The maximum absolute atomic E-state index is 8.68. The van der Waals surface area contributed by atoms with E-state index in [1.54, 1.807) is 0 Å². The summed E-state index contributed by atoms with van der Waals surface area (Å²) in [4.78, 5) is 4.74. The van der Waals surface area contributed by atoms with Crippen LogP contribution in [0.2, 0.25) is 0 Å². The molecule has 1 aliphatic rings. The second-order valence-corrected chi connectivity index (χ2v) is 5.28. The minimum atomic E-state index is 0.444. The average Bonchev–Trinajstić information content (AvgIpc) is 2.27. The molecular weight excluding hydrogens is 198 g/mol. The summed E-state index contributed by atoms with van der Waals surface area (Å²) in [7, 11) is 4.29. The molecule has 1 rings (SSSR count). The molecule has 3 nitrogen and oxygen atoms in total. The Kier molecular flexibility index (Phi) is 5.79. The van der Waals surface area contributed by atoms with Crippen LogP contribution in [-0.2, 0) is 0 Å². The van der Waals surface area contributed by atoms with Gasteiger partial charge in [0.1, 0.15) is 0 Å².